The Labute approximate surface area is 161 Å². The van der Waals surface area contributed by atoms with E-state index in [1.54, 1.807) is 0 Å². The van der Waals surface area contributed by atoms with E-state index in [0.717, 1.165) is 12.5 Å². The van der Waals surface area contributed by atoms with Crippen molar-refractivity contribution in [2.75, 3.05) is 5.32 Å². The van der Waals surface area contributed by atoms with Crippen LogP contribution in [0.3, 0.4) is 0 Å². The standard InChI is InChI=1S/C19H17N3O5S/c1-12-3-5-14(6-4-12)18-17(20-11-27-18)19(24)21-15-7-9-16(10-8-15)28(25,26)22-13(2)23/h3-11H,1-2H3,(H,21,24)(H,22,23). The lowest BCUT2D eigenvalue weighted by molar-refractivity contribution is -0.117. The van der Waals surface area contributed by atoms with Gasteiger partial charge in [0.05, 0.1) is 4.90 Å². The number of rotatable bonds is 5. The second kappa shape index (κ2) is 7.65. The third kappa shape index (κ3) is 4.26. The summed E-state index contributed by atoms with van der Waals surface area (Å²) in [7, 11) is -3.93. The molecule has 1 aromatic heterocycles. The Morgan fingerprint density at radius 3 is 2.25 bits per heavy atom. The normalized spacial score (nSPS) is 11.1. The molecular formula is C19H17N3O5S. The molecule has 2 amide bonds. The van der Waals surface area contributed by atoms with Crippen molar-refractivity contribution in [2.45, 2.75) is 18.7 Å². The van der Waals surface area contributed by atoms with Crippen LogP contribution in [-0.2, 0) is 14.8 Å². The van der Waals surface area contributed by atoms with Crippen LogP contribution in [0.15, 0.2) is 64.2 Å². The molecule has 9 heteroatoms. The summed E-state index contributed by atoms with van der Waals surface area (Å²) in [5.74, 6) is -0.851. The number of aromatic nitrogens is 1. The number of anilines is 1. The molecule has 0 fully saturated rings. The highest BCUT2D eigenvalue weighted by atomic mass is 32.2. The lowest BCUT2D eigenvalue weighted by Gasteiger charge is -2.07. The number of carbonyl (C=O) groups is 2. The summed E-state index contributed by atoms with van der Waals surface area (Å²) in [4.78, 5) is 27.4. The Morgan fingerprint density at radius 1 is 1.00 bits per heavy atom. The Hall–Kier alpha value is -3.46. The van der Waals surface area contributed by atoms with Gasteiger partial charge in [-0.25, -0.2) is 18.1 Å². The zero-order chi connectivity index (χ0) is 20.3. The van der Waals surface area contributed by atoms with Crippen LogP contribution in [0.5, 0.6) is 0 Å². The largest absolute Gasteiger partial charge is 0.443 e. The minimum absolute atomic E-state index is 0.0949. The van der Waals surface area contributed by atoms with Crippen molar-refractivity contribution in [3.8, 4) is 11.3 Å². The molecule has 0 aliphatic heterocycles. The van der Waals surface area contributed by atoms with Crippen molar-refractivity contribution in [2.24, 2.45) is 0 Å². The molecule has 8 nitrogen and oxygen atoms in total. The Morgan fingerprint density at radius 2 is 1.64 bits per heavy atom. The van der Waals surface area contributed by atoms with Gasteiger partial charge in [-0.2, -0.15) is 0 Å². The fourth-order valence-corrected chi connectivity index (χ4v) is 3.46. The molecule has 0 aliphatic rings. The third-order valence-corrected chi connectivity index (χ3v) is 5.25. The number of nitrogens with zero attached hydrogens (tertiary/aromatic N) is 1. The van der Waals surface area contributed by atoms with E-state index in [4.69, 9.17) is 4.42 Å². The van der Waals surface area contributed by atoms with Crippen LogP contribution in [0, 0.1) is 6.92 Å². The number of amides is 2. The summed E-state index contributed by atoms with van der Waals surface area (Å²) in [5, 5.41) is 2.64. The van der Waals surface area contributed by atoms with Gasteiger partial charge in [-0.3, -0.25) is 9.59 Å². The van der Waals surface area contributed by atoms with Crippen LogP contribution in [0.25, 0.3) is 11.3 Å². The van der Waals surface area contributed by atoms with Crippen LogP contribution in [0.2, 0.25) is 0 Å². The van der Waals surface area contributed by atoms with Crippen LogP contribution in [0.4, 0.5) is 5.69 Å². The molecule has 3 aromatic rings. The van der Waals surface area contributed by atoms with Gasteiger partial charge < -0.3 is 9.73 Å². The van der Waals surface area contributed by atoms with E-state index in [-0.39, 0.29) is 10.6 Å². The lowest BCUT2D eigenvalue weighted by Crippen LogP contribution is -2.28. The highest BCUT2D eigenvalue weighted by molar-refractivity contribution is 7.90. The summed E-state index contributed by atoms with van der Waals surface area (Å²) in [6, 6.07) is 12.8. The second-order valence-electron chi connectivity index (χ2n) is 6.04. The summed E-state index contributed by atoms with van der Waals surface area (Å²) in [6.07, 6.45) is 1.19. The second-order valence-corrected chi connectivity index (χ2v) is 7.72. The molecule has 0 saturated carbocycles. The topological polar surface area (TPSA) is 118 Å². The first-order chi connectivity index (χ1) is 13.3. The number of benzene rings is 2. The number of oxazole rings is 1. The SMILES string of the molecule is CC(=O)NS(=O)(=O)c1ccc(NC(=O)c2ncoc2-c2ccc(C)cc2)cc1. The first-order valence-electron chi connectivity index (χ1n) is 8.21. The zero-order valence-corrected chi connectivity index (χ0v) is 15.9. The van der Waals surface area contributed by atoms with Gasteiger partial charge >= 0.3 is 0 Å². The molecule has 0 saturated heterocycles. The molecule has 0 bridgehead atoms. The molecule has 144 valence electrons. The number of hydrogen-bond donors (Lipinski definition) is 2. The predicted octanol–water partition coefficient (Wildman–Crippen LogP) is 2.73. The predicted molar refractivity (Wildman–Crippen MR) is 102 cm³/mol. The Bertz CT molecular complexity index is 1120. The van der Waals surface area contributed by atoms with Crippen molar-refractivity contribution >= 4 is 27.5 Å². The smallest absolute Gasteiger partial charge is 0.278 e. The molecule has 0 unspecified atom stereocenters. The molecule has 0 aliphatic carbocycles. The molecule has 2 aromatic carbocycles. The zero-order valence-electron chi connectivity index (χ0n) is 15.1. The summed E-state index contributed by atoms with van der Waals surface area (Å²) in [6.45, 7) is 3.06. The first-order valence-corrected chi connectivity index (χ1v) is 9.70. The van der Waals surface area contributed by atoms with Crippen molar-refractivity contribution in [3.05, 3.63) is 66.2 Å². The van der Waals surface area contributed by atoms with Crippen molar-refractivity contribution < 1.29 is 22.4 Å². The minimum Gasteiger partial charge on any atom is -0.443 e. The van der Waals surface area contributed by atoms with E-state index >= 15 is 0 Å². The van der Waals surface area contributed by atoms with Crippen molar-refractivity contribution in [3.63, 3.8) is 0 Å². The number of hydrogen-bond acceptors (Lipinski definition) is 6. The summed E-state index contributed by atoms with van der Waals surface area (Å²) in [5.41, 5.74) is 2.26. The molecule has 2 N–H and O–H groups in total. The van der Waals surface area contributed by atoms with Gasteiger partial charge in [-0.05, 0) is 31.2 Å². The summed E-state index contributed by atoms with van der Waals surface area (Å²) < 4.78 is 31.1. The maximum Gasteiger partial charge on any atom is 0.278 e. The Balaban J connectivity index is 1.78. The molecule has 0 spiro atoms. The van der Waals surface area contributed by atoms with E-state index < -0.39 is 21.8 Å². The molecular weight excluding hydrogens is 382 g/mol. The fraction of sp³-hybridized carbons (Fsp3) is 0.105. The van der Waals surface area contributed by atoms with Gasteiger partial charge in [-0.15, -0.1) is 0 Å². The van der Waals surface area contributed by atoms with Gasteiger partial charge in [0.25, 0.3) is 15.9 Å². The number of aryl methyl sites for hydroxylation is 1. The average molecular weight is 399 g/mol. The van der Waals surface area contributed by atoms with Gasteiger partial charge in [-0.1, -0.05) is 29.8 Å². The van der Waals surface area contributed by atoms with Crippen LogP contribution >= 0.6 is 0 Å². The van der Waals surface area contributed by atoms with E-state index in [2.05, 4.69) is 10.3 Å². The molecule has 0 radical (unpaired) electrons. The third-order valence-electron chi connectivity index (χ3n) is 3.80. The Kier molecular flexibility index (Phi) is 5.27. The highest BCUT2D eigenvalue weighted by Crippen LogP contribution is 2.24. The van der Waals surface area contributed by atoms with Crippen molar-refractivity contribution in [1.82, 2.24) is 9.71 Å². The van der Waals surface area contributed by atoms with Crippen LogP contribution < -0.4 is 10.0 Å². The number of sulfonamides is 1. The number of nitrogens with one attached hydrogen (secondary N) is 2. The monoisotopic (exact) mass is 399 g/mol. The highest BCUT2D eigenvalue weighted by Gasteiger charge is 2.19. The quantitative estimate of drug-likeness (QED) is 0.681. The van der Waals surface area contributed by atoms with E-state index in [1.165, 1.54) is 30.7 Å². The van der Waals surface area contributed by atoms with Gasteiger partial charge in [0.2, 0.25) is 5.91 Å². The molecule has 28 heavy (non-hydrogen) atoms. The first kappa shape index (κ1) is 19.3. The fourth-order valence-electron chi connectivity index (χ4n) is 2.47. The molecule has 3 rings (SSSR count). The maximum absolute atomic E-state index is 12.6. The van der Waals surface area contributed by atoms with Gasteiger partial charge in [0, 0.05) is 18.2 Å². The molecule has 0 atom stereocenters. The average Bonchev–Trinajstić information content (AvgIpc) is 3.11. The molecule has 1 heterocycles. The number of carbonyl (C=O) groups excluding carboxylic acids is 2. The van der Waals surface area contributed by atoms with Crippen molar-refractivity contribution in [1.29, 1.82) is 0 Å². The van der Waals surface area contributed by atoms with E-state index in [0.29, 0.717) is 17.0 Å². The van der Waals surface area contributed by atoms with E-state index in [1.807, 2.05) is 35.9 Å². The minimum atomic E-state index is -3.93. The lowest BCUT2D eigenvalue weighted by atomic mass is 10.1. The van der Waals surface area contributed by atoms with Gasteiger partial charge in [0.15, 0.2) is 17.8 Å². The maximum atomic E-state index is 12.6. The van der Waals surface area contributed by atoms with E-state index in [9.17, 15) is 18.0 Å². The van der Waals surface area contributed by atoms with Crippen LogP contribution in [0.1, 0.15) is 23.0 Å². The summed E-state index contributed by atoms with van der Waals surface area (Å²) >= 11 is 0. The van der Waals surface area contributed by atoms with Crippen LogP contribution in [-0.4, -0.2) is 25.2 Å². The van der Waals surface area contributed by atoms with Gasteiger partial charge in [0.1, 0.15) is 0 Å².